The third-order valence-electron chi connectivity index (χ3n) is 2.05. The number of nitrogens with zero attached hydrogens (tertiary/aromatic N) is 1. The van der Waals surface area contributed by atoms with E-state index >= 15 is 0 Å². The van der Waals surface area contributed by atoms with Crippen LogP contribution in [0.5, 0.6) is 0 Å². The van der Waals surface area contributed by atoms with Crippen LogP contribution >= 0.6 is 0 Å². The highest BCUT2D eigenvalue weighted by molar-refractivity contribution is 5.79. The largest absolute Gasteiger partial charge is 0.478 e. The molecule has 0 spiro atoms. The van der Waals surface area contributed by atoms with Crippen molar-refractivity contribution in [1.29, 1.82) is 0 Å². The Morgan fingerprint density at radius 1 is 1.57 bits per heavy atom. The minimum Gasteiger partial charge on any atom is -0.478 e. The zero-order valence-electron chi connectivity index (χ0n) is 9.16. The summed E-state index contributed by atoms with van der Waals surface area (Å²) >= 11 is 0. The van der Waals surface area contributed by atoms with Crippen molar-refractivity contribution in [3.63, 3.8) is 0 Å². The van der Waals surface area contributed by atoms with E-state index in [-0.39, 0.29) is 0 Å². The van der Waals surface area contributed by atoms with Crippen molar-refractivity contribution in [2.24, 2.45) is 0 Å². The van der Waals surface area contributed by atoms with E-state index in [0.717, 1.165) is 19.2 Å². The number of hydrogen-bond donors (Lipinski definition) is 2. The van der Waals surface area contributed by atoms with E-state index < -0.39 is 5.97 Å². The van der Waals surface area contributed by atoms with E-state index in [2.05, 4.69) is 31.1 Å². The van der Waals surface area contributed by atoms with Gasteiger partial charge in [-0.2, -0.15) is 0 Å². The van der Waals surface area contributed by atoms with Gasteiger partial charge in [0.1, 0.15) is 0 Å². The third-order valence-corrected chi connectivity index (χ3v) is 2.05. The fourth-order valence-corrected chi connectivity index (χ4v) is 0.859. The summed E-state index contributed by atoms with van der Waals surface area (Å²) in [7, 11) is 2.07. The molecule has 82 valence electrons. The number of aliphatic carboxylic acids is 1. The topological polar surface area (TPSA) is 52.6 Å². The number of carbonyl (C=O) groups is 1. The number of nitrogens with one attached hydrogen (secondary N) is 1. The molecule has 0 rings (SSSR count). The summed E-state index contributed by atoms with van der Waals surface area (Å²) in [4.78, 5) is 12.3. The molecule has 0 unspecified atom stereocenters. The maximum Gasteiger partial charge on any atom is 0.328 e. The van der Waals surface area contributed by atoms with Gasteiger partial charge in [-0.3, -0.25) is 0 Å². The average molecular weight is 200 g/mol. The van der Waals surface area contributed by atoms with Crippen LogP contribution < -0.4 is 5.32 Å². The van der Waals surface area contributed by atoms with Crippen LogP contribution in [-0.4, -0.2) is 48.7 Å². The Morgan fingerprint density at radius 2 is 2.21 bits per heavy atom. The Balaban J connectivity index is 3.34. The Morgan fingerprint density at radius 3 is 2.71 bits per heavy atom. The van der Waals surface area contributed by atoms with Crippen LogP contribution in [0.4, 0.5) is 0 Å². The van der Waals surface area contributed by atoms with Crippen LogP contribution in [0.2, 0.25) is 0 Å². The van der Waals surface area contributed by atoms with Crippen LogP contribution in [0.25, 0.3) is 0 Å². The zero-order valence-corrected chi connectivity index (χ0v) is 9.16. The lowest BCUT2D eigenvalue weighted by atomic mass is 10.3. The van der Waals surface area contributed by atoms with Gasteiger partial charge in [0.05, 0.1) is 0 Å². The van der Waals surface area contributed by atoms with E-state index in [1.807, 2.05) is 0 Å². The van der Waals surface area contributed by atoms with Gasteiger partial charge < -0.3 is 15.3 Å². The Kier molecular flexibility index (Phi) is 7.06. The van der Waals surface area contributed by atoms with Gasteiger partial charge in [-0.05, 0) is 20.9 Å². The Hall–Kier alpha value is -0.870. The quantitative estimate of drug-likeness (QED) is 0.465. The minimum atomic E-state index is -0.897. The Labute approximate surface area is 85.6 Å². The number of carboxylic acid groups (broad SMARTS) is 1. The van der Waals surface area contributed by atoms with E-state index in [0.29, 0.717) is 12.6 Å². The first-order valence-corrected chi connectivity index (χ1v) is 4.84. The fourth-order valence-electron chi connectivity index (χ4n) is 0.859. The van der Waals surface area contributed by atoms with Gasteiger partial charge in [0.2, 0.25) is 0 Å². The molecular formula is C10H20N2O2. The first-order valence-electron chi connectivity index (χ1n) is 4.84. The molecule has 0 heterocycles. The van der Waals surface area contributed by atoms with Gasteiger partial charge in [0.15, 0.2) is 0 Å². The minimum absolute atomic E-state index is 0.548. The molecule has 0 saturated carbocycles. The van der Waals surface area contributed by atoms with Crippen molar-refractivity contribution in [2.75, 3.05) is 26.7 Å². The van der Waals surface area contributed by atoms with E-state index in [4.69, 9.17) is 5.11 Å². The van der Waals surface area contributed by atoms with Crippen molar-refractivity contribution >= 4 is 5.97 Å². The number of rotatable bonds is 7. The Bertz CT molecular complexity index is 191. The molecule has 0 bridgehead atoms. The van der Waals surface area contributed by atoms with E-state index in [1.54, 1.807) is 6.08 Å². The summed E-state index contributed by atoms with van der Waals surface area (Å²) in [5, 5.41) is 11.4. The normalized spacial score (nSPS) is 11.8. The molecule has 0 saturated heterocycles. The van der Waals surface area contributed by atoms with Gasteiger partial charge in [0.25, 0.3) is 0 Å². The van der Waals surface area contributed by atoms with Gasteiger partial charge in [-0.15, -0.1) is 0 Å². The number of carboxylic acids is 1. The second-order valence-corrected chi connectivity index (χ2v) is 3.52. The summed E-state index contributed by atoms with van der Waals surface area (Å²) < 4.78 is 0. The molecule has 0 radical (unpaired) electrons. The molecule has 2 N–H and O–H groups in total. The highest BCUT2D eigenvalue weighted by Crippen LogP contribution is 1.90. The standard InChI is InChI=1S/C10H20N2O2/c1-9(2)12(3)8-7-11-6-4-5-10(13)14/h4-5,9,11H,6-8H2,1-3H3,(H,13,14)/b5-4+. The predicted molar refractivity (Wildman–Crippen MR) is 57.4 cm³/mol. The lowest BCUT2D eigenvalue weighted by Crippen LogP contribution is -2.33. The van der Waals surface area contributed by atoms with Crippen LogP contribution in [0.15, 0.2) is 12.2 Å². The van der Waals surface area contributed by atoms with Crippen LogP contribution in [0, 0.1) is 0 Å². The number of likely N-dealkylation sites (N-methyl/N-ethyl adjacent to an activating group) is 1. The van der Waals surface area contributed by atoms with Crippen molar-refractivity contribution in [3.8, 4) is 0 Å². The van der Waals surface area contributed by atoms with Crippen molar-refractivity contribution in [2.45, 2.75) is 19.9 Å². The first kappa shape index (κ1) is 13.1. The van der Waals surface area contributed by atoms with E-state index in [9.17, 15) is 4.79 Å². The summed E-state index contributed by atoms with van der Waals surface area (Å²) in [6, 6.07) is 0.548. The highest BCUT2D eigenvalue weighted by atomic mass is 16.4. The highest BCUT2D eigenvalue weighted by Gasteiger charge is 2.00. The first-order chi connectivity index (χ1) is 6.54. The summed E-state index contributed by atoms with van der Waals surface area (Å²) in [6.45, 7) is 6.74. The zero-order chi connectivity index (χ0) is 11.0. The van der Waals surface area contributed by atoms with Crippen LogP contribution in [0.3, 0.4) is 0 Å². The lowest BCUT2D eigenvalue weighted by Gasteiger charge is -2.20. The molecule has 0 atom stereocenters. The maximum atomic E-state index is 10.1. The lowest BCUT2D eigenvalue weighted by molar-refractivity contribution is -0.131. The molecule has 0 aromatic heterocycles. The van der Waals surface area contributed by atoms with Gasteiger partial charge in [0, 0.05) is 31.8 Å². The molecule has 0 amide bonds. The fraction of sp³-hybridized carbons (Fsp3) is 0.700. The van der Waals surface area contributed by atoms with Gasteiger partial charge >= 0.3 is 5.97 Å². The SMILES string of the molecule is CC(C)N(C)CCNC/C=C/C(=O)O. The molecule has 0 aliphatic rings. The number of hydrogen-bond acceptors (Lipinski definition) is 3. The third kappa shape index (κ3) is 7.76. The second kappa shape index (κ2) is 7.53. The second-order valence-electron chi connectivity index (χ2n) is 3.52. The maximum absolute atomic E-state index is 10.1. The molecule has 0 fully saturated rings. The molecule has 4 nitrogen and oxygen atoms in total. The van der Waals surface area contributed by atoms with E-state index in [1.165, 1.54) is 0 Å². The summed E-state index contributed by atoms with van der Waals surface area (Å²) in [6.07, 6.45) is 2.76. The van der Waals surface area contributed by atoms with Crippen molar-refractivity contribution in [1.82, 2.24) is 10.2 Å². The summed E-state index contributed by atoms with van der Waals surface area (Å²) in [5.41, 5.74) is 0. The van der Waals surface area contributed by atoms with Crippen molar-refractivity contribution < 1.29 is 9.90 Å². The monoisotopic (exact) mass is 200 g/mol. The molecule has 0 aliphatic heterocycles. The predicted octanol–water partition coefficient (Wildman–Crippen LogP) is 0.557. The average Bonchev–Trinajstić information content (AvgIpc) is 2.09. The smallest absolute Gasteiger partial charge is 0.328 e. The molecule has 14 heavy (non-hydrogen) atoms. The molecule has 0 aromatic rings. The molecule has 0 aliphatic carbocycles. The van der Waals surface area contributed by atoms with Gasteiger partial charge in [-0.1, -0.05) is 6.08 Å². The summed E-state index contributed by atoms with van der Waals surface area (Å²) in [5.74, 6) is -0.897. The van der Waals surface area contributed by atoms with Crippen molar-refractivity contribution in [3.05, 3.63) is 12.2 Å². The molecular weight excluding hydrogens is 180 g/mol. The van der Waals surface area contributed by atoms with Crippen LogP contribution in [0.1, 0.15) is 13.8 Å². The van der Waals surface area contributed by atoms with Crippen LogP contribution in [-0.2, 0) is 4.79 Å². The molecule has 0 aromatic carbocycles. The molecule has 4 heteroatoms. The van der Waals surface area contributed by atoms with Gasteiger partial charge in [-0.25, -0.2) is 4.79 Å².